The van der Waals surface area contributed by atoms with Gasteiger partial charge in [0, 0.05) is 6.04 Å². The minimum Gasteiger partial charge on any atom is -0.465 e. The van der Waals surface area contributed by atoms with E-state index < -0.39 is 15.8 Å². The number of ether oxygens (including phenoxy) is 1. The zero-order valence-corrected chi connectivity index (χ0v) is 14.8. The molecule has 0 aliphatic heterocycles. The molecule has 0 aliphatic rings. The van der Waals surface area contributed by atoms with Gasteiger partial charge in [-0.15, -0.1) is 0 Å². The summed E-state index contributed by atoms with van der Waals surface area (Å²) in [5.74, 6) is -0.675. The van der Waals surface area contributed by atoms with Crippen molar-refractivity contribution >= 4 is 15.8 Å². The lowest BCUT2D eigenvalue weighted by molar-refractivity contribution is 0.0596. The van der Waals surface area contributed by atoms with Gasteiger partial charge in [0.15, 0.2) is 0 Å². The second kappa shape index (κ2) is 7.15. The van der Waals surface area contributed by atoms with E-state index in [1.165, 1.54) is 31.4 Å². The summed E-state index contributed by atoms with van der Waals surface area (Å²) >= 11 is 0. The van der Waals surface area contributed by atoms with E-state index >= 15 is 0 Å². The topological polar surface area (TPSA) is 86.5 Å². The van der Waals surface area contributed by atoms with Crippen molar-refractivity contribution in [3.8, 4) is 0 Å². The lowest BCUT2D eigenvalue weighted by atomic mass is 10.1. The highest BCUT2D eigenvalue weighted by molar-refractivity contribution is 7.91. The number of hydrogen-bond donors (Lipinski definition) is 1. The molecule has 0 saturated carbocycles. The number of aryl methyl sites for hydroxylation is 1. The molecule has 0 bridgehead atoms. The molecule has 0 amide bonds. The van der Waals surface area contributed by atoms with Crippen molar-refractivity contribution in [1.29, 1.82) is 0 Å². The van der Waals surface area contributed by atoms with Crippen LogP contribution in [0.25, 0.3) is 0 Å². The first kappa shape index (κ1) is 18.2. The molecule has 6 heteroatoms. The number of rotatable bonds is 5. The highest BCUT2D eigenvalue weighted by Gasteiger charge is 2.25. The van der Waals surface area contributed by atoms with Gasteiger partial charge in [-0.3, -0.25) is 0 Å². The lowest BCUT2D eigenvalue weighted by Gasteiger charge is -2.11. The van der Waals surface area contributed by atoms with Crippen molar-refractivity contribution in [2.75, 3.05) is 7.11 Å². The van der Waals surface area contributed by atoms with Gasteiger partial charge in [0.05, 0.1) is 22.5 Å². The summed E-state index contributed by atoms with van der Waals surface area (Å²) in [6.07, 6.45) is 0.665. The quantitative estimate of drug-likeness (QED) is 0.840. The molecule has 5 nitrogen and oxygen atoms in total. The summed E-state index contributed by atoms with van der Waals surface area (Å²) in [4.78, 5) is 12.0. The van der Waals surface area contributed by atoms with E-state index in [0.717, 1.165) is 11.1 Å². The van der Waals surface area contributed by atoms with Gasteiger partial charge in [-0.25, -0.2) is 13.2 Å². The zero-order valence-electron chi connectivity index (χ0n) is 13.9. The fourth-order valence-corrected chi connectivity index (χ4v) is 3.88. The van der Waals surface area contributed by atoms with E-state index in [0.29, 0.717) is 6.42 Å². The van der Waals surface area contributed by atoms with Crippen molar-refractivity contribution in [3.63, 3.8) is 0 Å². The minimum absolute atomic E-state index is 0.00418. The van der Waals surface area contributed by atoms with Crippen LogP contribution in [-0.4, -0.2) is 27.5 Å². The van der Waals surface area contributed by atoms with Crippen LogP contribution in [0.15, 0.2) is 52.3 Å². The summed E-state index contributed by atoms with van der Waals surface area (Å²) in [6, 6.07) is 11.2. The second-order valence-electron chi connectivity index (χ2n) is 5.82. The van der Waals surface area contributed by atoms with E-state index in [4.69, 9.17) is 10.5 Å². The molecule has 2 rings (SSSR count). The Bertz CT molecular complexity index is 840. The largest absolute Gasteiger partial charge is 0.465 e. The Labute approximate surface area is 142 Å². The first-order valence-electron chi connectivity index (χ1n) is 7.54. The van der Waals surface area contributed by atoms with Gasteiger partial charge in [-0.1, -0.05) is 23.8 Å². The molecule has 0 saturated heterocycles. The number of nitrogens with two attached hydrogens (primary N) is 1. The molecular formula is C18H21NO4S. The Kier molecular flexibility index (Phi) is 5.41. The van der Waals surface area contributed by atoms with E-state index in [1.54, 1.807) is 25.1 Å². The van der Waals surface area contributed by atoms with Gasteiger partial charge >= 0.3 is 5.97 Å². The van der Waals surface area contributed by atoms with Crippen molar-refractivity contribution in [2.45, 2.75) is 36.1 Å². The maximum Gasteiger partial charge on any atom is 0.339 e. The molecule has 0 heterocycles. The van der Waals surface area contributed by atoms with Gasteiger partial charge in [0.1, 0.15) is 0 Å². The predicted octanol–water partition coefficient (Wildman–Crippen LogP) is 2.50. The van der Waals surface area contributed by atoms with Crippen LogP contribution in [0.2, 0.25) is 0 Å². The fraction of sp³-hybridized carbons (Fsp3) is 0.278. The molecule has 0 fully saturated rings. The van der Waals surface area contributed by atoms with E-state index in [-0.39, 0.29) is 21.4 Å². The SMILES string of the molecule is COC(=O)c1cc(C)ccc1S(=O)(=O)c1ccc(CC(C)N)cc1. The highest BCUT2D eigenvalue weighted by Crippen LogP contribution is 2.26. The Morgan fingerprint density at radius 2 is 1.79 bits per heavy atom. The Morgan fingerprint density at radius 3 is 2.33 bits per heavy atom. The maximum atomic E-state index is 12.9. The monoisotopic (exact) mass is 347 g/mol. The summed E-state index contributed by atoms with van der Waals surface area (Å²) in [7, 11) is -2.59. The summed E-state index contributed by atoms with van der Waals surface area (Å²) in [6.45, 7) is 3.67. The second-order valence-corrected chi connectivity index (χ2v) is 7.74. The average molecular weight is 347 g/mol. The number of hydrogen-bond acceptors (Lipinski definition) is 5. The van der Waals surface area contributed by atoms with Crippen LogP contribution in [0.1, 0.15) is 28.4 Å². The van der Waals surface area contributed by atoms with Crippen LogP contribution < -0.4 is 5.73 Å². The van der Waals surface area contributed by atoms with Crippen molar-refractivity contribution in [1.82, 2.24) is 0 Å². The lowest BCUT2D eigenvalue weighted by Crippen LogP contribution is -2.17. The van der Waals surface area contributed by atoms with Gasteiger partial charge in [0.2, 0.25) is 9.84 Å². The molecule has 1 unspecified atom stereocenters. The third-order valence-electron chi connectivity index (χ3n) is 3.62. The third kappa shape index (κ3) is 3.83. The normalized spacial score (nSPS) is 12.7. The smallest absolute Gasteiger partial charge is 0.339 e. The number of benzene rings is 2. The molecule has 0 aliphatic carbocycles. The van der Waals surface area contributed by atoms with Crippen LogP contribution in [0.5, 0.6) is 0 Å². The van der Waals surface area contributed by atoms with E-state index in [2.05, 4.69) is 0 Å². The molecule has 1 atom stereocenters. The molecule has 0 aromatic heterocycles. The van der Waals surface area contributed by atoms with Crippen molar-refractivity contribution in [3.05, 3.63) is 59.2 Å². The first-order valence-corrected chi connectivity index (χ1v) is 9.02. The Hall–Kier alpha value is -2.18. The predicted molar refractivity (Wildman–Crippen MR) is 91.8 cm³/mol. The molecule has 2 aromatic rings. The fourth-order valence-electron chi connectivity index (χ4n) is 2.45. The van der Waals surface area contributed by atoms with Gasteiger partial charge < -0.3 is 10.5 Å². The number of sulfone groups is 1. The van der Waals surface area contributed by atoms with Gasteiger partial charge in [0.25, 0.3) is 0 Å². The first-order chi connectivity index (χ1) is 11.3. The number of esters is 1. The van der Waals surface area contributed by atoms with Crippen LogP contribution in [0.3, 0.4) is 0 Å². The number of carbonyl (C=O) groups is 1. The third-order valence-corrected chi connectivity index (χ3v) is 5.45. The van der Waals surface area contributed by atoms with Crippen LogP contribution in [0, 0.1) is 6.92 Å². The zero-order chi connectivity index (χ0) is 17.9. The molecule has 128 valence electrons. The van der Waals surface area contributed by atoms with Crippen molar-refractivity contribution < 1.29 is 17.9 Å². The van der Waals surface area contributed by atoms with Gasteiger partial charge in [-0.2, -0.15) is 0 Å². The molecule has 2 N–H and O–H groups in total. The minimum atomic E-state index is -3.82. The van der Waals surface area contributed by atoms with Gasteiger partial charge in [-0.05, 0) is 50.1 Å². The highest BCUT2D eigenvalue weighted by atomic mass is 32.2. The molecule has 0 radical (unpaired) electrons. The van der Waals surface area contributed by atoms with Crippen LogP contribution in [-0.2, 0) is 21.0 Å². The molecule has 2 aromatic carbocycles. The molecule has 0 spiro atoms. The number of methoxy groups -OCH3 is 1. The Morgan fingerprint density at radius 1 is 1.17 bits per heavy atom. The van der Waals surface area contributed by atoms with Crippen LogP contribution in [0.4, 0.5) is 0 Å². The Balaban J connectivity index is 2.49. The van der Waals surface area contributed by atoms with E-state index in [9.17, 15) is 13.2 Å². The molecular weight excluding hydrogens is 326 g/mol. The average Bonchev–Trinajstić information content (AvgIpc) is 2.53. The summed E-state index contributed by atoms with van der Waals surface area (Å²) in [5.41, 5.74) is 7.53. The standard InChI is InChI=1S/C18H21NO4S/c1-12-4-9-17(16(10-12)18(20)23-3)24(21,22)15-7-5-14(6-8-15)11-13(2)19/h4-10,13H,11,19H2,1-3H3. The number of carbonyl (C=O) groups excluding carboxylic acids is 1. The van der Waals surface area contributed by atoms with Crippen molar-refractivity contribution in [2.24, 2.45) is 5.73 Å². The maximum absolute atomic E-state index is 12.9. The summed E-state index contributed by atoms with van der Waals surface area (Å²) < 4.78 is 30.5. The molecule has 24 heavy (non-hydrogen) atoms. The summed E-state index contributed by atoms with van der Waals surface area (Å²) in [5, 5.41) is 0. The van der Waals surface area contributed by atoms with E-state index in [1.807, 2.05) is 6.92 Å². The van der Waals surface area contributed by atoms with Crippen LogP contribution >= 0.6 is 0 Å².